The first kappa shape index (κ1) is 10.5. The quantitative estimate of drug-likeness (QED) is 0.868. The number of aromatic nitrogens is 2. The zero-order chi connectivity index (χ0) is 12.2. The Labute approximate surface area is 104 Å². The Balaban J connectivity index is 1.79. The Bertz CT molecular complexity index is 578. The van der Waals surface area contributed by atoms with Gasteiger partial charge in [0.25, 0.3) is 0 Å². The van der Waals surface area contributed by atoms with E-state index in [2.05, 4.69) is 30.7 Å². The molecule has 2 aromatic heterocycles. The molecule has 0 fully saturated rings. The minimum Gasteiger partial charge on any atom is -0.276 e. The number of nitrogens with zero attached hydrogens (tertiary/aromatic N) is 5. The summed E-state index contributed by atoms with van der Waals surface area (Å²) < 4.78 is 0. The number of pyridine rings is 2. The molecule has 3 heterocycles. The van der Waals surface area contributed by atoms with Crippen LogP contribution in [0.4, 0.5) is 0 Å². The molecular formula is C12H10N6. The molecule has 0 aliphatic carbocycles. The second-order valence-electron chi connectivity index (χ2n) is 3.65. The van der Waals surface area contributed by atoms with Crippen LogP contribution in [0.5, 0.6) is 0 Å². The van der Waals surface area contributed by atoms with Gasteiger partial charge in [0.1, 0.15) is 5.69 Å². The summed E-state index contributed by atoms with van der Waals surface area (Å²) in [5.41, 5.74) is 4.38. The van der Waals surface area contributed by atoms with E-state index in [4.69, 9.17) is 0 Å². The maximum atomic E-state index is 4.20. The van der Waals surface area contributed by atoms with Crippen molar-refractivity contribution in [2.75, 3.05) is 0 Å². The van der Waals surface area contributed by atoms with Gasteiger partial charge in [0.2, 0.25) is 5.84 Å². The van der Waals surface area contributed by atoms with Crippen molar-refractivity contribution in [3.8, 4) is 0 Å². The molecule has 1 aliphatic rings. The van der Waals surface area contributed by atoms with Crippen molar-refractivity contribution >= 4 is 5.84 Å². The molecule has 0 amide bonds. The van der Waals surface area contributed by atoms with Crippen LogP contribution in [0.15, 0.2) is 64.1 Å². The summed E-state index contributed by atoms with van der Waals surface area (Å²) in [6.45, 7) is 0. The molecule has 1 unspecified atom stereocenters. The lowest BCUT2D eigenvalue weighted by atomic mass is 10.3. The lowest BCUT2D eigenvalue weighted by molar-refractivity contribution is 0.529. The first-order valence-electron chi connectivity index (χ1n) is 5.50. The maximum Gasteiger partial charge on any atom is 0.218 e. The molecule has 6 nitrogen and oxygen atoms in total. The minimum absolute atomic E-state index is 0.335. The van der Waals surface area contributed by atoms with E-state index in [0.29, 0.717) is 11.5 Å². The first-order valence-corrected chi connectivity index (χ1v) is 5.50. The van der Waals surface area contributed by atoms with E-state index in [-0.39, 0.29) is 6.17 Å². The Morgan fingerprint density at radius 1 is 0.944 bits per heavy atom. The molecule has 0 aromatic carbocycles. The monoisotopic (exact) mass is 238 g/mol. The number of hydrogen-bond donors (Lipinski definition) is 1. The summed E-state index contributed by atoms with van der Waals surface area (Å²) in [7, 11) is 0. The van der Waals surface area contributed by atoms with E-state index < -0.39 is 0 Å². The Morgan fingerprint density at radius 2 is 1.78 bits per heavy atom. The van der Waals surface area contributed by atoms with Crippen molar-refractivity contribution in [3.05, 3.63) is 60.2 Å². The van der Waals surface area contributed by atoms with Gasteiger partial charge in [0.15, 0.2) is 6.17 Å². The van der Waals surface area contributed by atoms with Gasteiger partial charge < -0.3 is 0 Å². The summed E-state index contributed by atoms with van der Waals surface area (Å²) in [6, 6.07) is 11.2. The van der Waals surface area contributed by atoms with Crippen LogP contribution in [0, 0.1) is 0 Å². The summed E-state index contributed by atoms with van der Waals surface area (Å²) in [6.07, 6.45) is 3.07. The number of nitrogens with one attached hydrogen (secondary N) is 1. The topological polar surface area (TPSA) is 74.9 Å². The Morgan fingerprint density at radius 3 is 2.39 bits per heavy atom. The molecule has 3 rings (SSSR count). The third-order valence-corrected chi connectivity index (χ3v) is 2.42. The smallest absolute Gasteiger partial charge is 0.218 e. The highest BCUT2D eigenvalue weighted by molar-refractivity contribution is 5.97. The van der Waals surface area contributed by atoms with Crippen LogP contribution < -0.4 is 5.43 Å². The van der Waals surface area contributed by atoms with Crippen LogP contribution >= 0.6 is 0 Å². The normalized spacial score (nSPS) is 18.0. The molecule has 1 atom stereocenters. The molecule has 1 aliphatic heterocycles. The Kier molecular flexibility index (Phi) is 2.75. The van der Waals surface area contributed by atoms with E-state index in [1.54, 1.807) is 12.4 Å². The van der Waals surface area contributed by atoms with Crippen LogP contribution in [0.2, 0.25) is 0 Å². The van der Waals surface area contributed by atoms with Gasteiger partial charge in [-0.25, -0.2) is 0 Å². The van der Waals surface area contributed by atoms with Crippen molar-refractivity contribution in [1.29, 1.82) is 0 Å². The summed E-state index contributed by atoms with van der Waals surface area (Å²) in [4.78, 5) is 8.36. The zero-order valence-electron chi connectivity index (χ0n) is 9.43. The molecule has 6 heteroatoms. The molecule has 2 aromatic rings. The maximum absolute atomic E-state index is 4.20. The number of hydrazone groups is 1. The van der Waals surface area contributed by atoms with Gasteiger partial charge in [-0.15, -0.1) is 5.11 Å². The van der Waals surface area contributed by atoms with Gasteiger partial charge in [-0.2, -0.15) is 10.2 Å². The lowest BCUT2D eigenvalue weighted by Crippen LogP contribution is -2.21. The van der Waals surface area contributed by atoms with Crippen LogP contribution in [-0.4, -0.2) is 15.8 Å². The highest BCUT2D eigenvalue weighted by Crippen LogP contribution is 2.15. The van der Waals surface area contributed by atoms with Crippen molar-refractivity contribution in [1.82, 2.24) is 15.4 Å². The zero-order valence-corrected chi connectivity index (χ0v) is 9.43. The van der Waals surface area contributed by atoms with Gasteiger partial charge in [-0.1, -0.05) is 12.1 Å². The molecule has 0 spiro atoms. The van der Waals surface area contributed by atoms with Gasteiger partial charge in [0.05, 0.1) is 5.69 Å². The standard InChI is InChI=1S/C12H10N6/c1-3-7-13-9(5-1)11-15-17-12(18-16-11)10-6-2-4-8-14-10/h1-8,11,15H. The molecule has 0 saturated heterocycles. The molecule has 18 heavy (non-hydrogen) atoms. The van der Waals surface area contributed by atoms with E-state index >= 15 is 0 Å². The summed E-state index contributed by atoms with van der Waals surface area (Å²) in [5, 5.41) is 12.4. The number of hydrogen-bond acceptors (Lipinski definition) is 6. The highest BCUT2D eigenvalue weighted by Gasteiger charge is 2.16. The van der Waals surface area contributed by atoms with Gasteiger partial charge in [-0.3, -0.25) is 15.4 Å². The average Bonchev–Trinajstić information content (AvgIpc) is 2.49. The van der Waals surface area contributed by atoms with Crippen molar-refractivity contribution in [2.45, 2.75) is 6.17 Å². The fourth-order valence-corrected chi connectivity index (χ4v) is 1.55. The van der Waals surface area contributed by atoms with E-state index in [0.717, 1.165) is 5.69 Å². The summed E-state index contributed by atoms with van der Waals surface area (Å²) in [5.74, 6) is 0.475. The first-order chi connectivity index (χ1) is 8.93. The largest absolute Gasteiger partial charge is 0.276 e. The molecular weight excluding hydrogens is 228 g/mol. The average molecular weight is 238 g/mol. The summed E-state index contributed by atoms with van der Waals surface area (Å²) >= 11 is 0. The minimum atomic E-state index is -0.335. The SMILES string of the molecule is c1ccc(C2=NNC(c3ccccn3)N=N2)nc1. The number of rotatable bonds is 2. The van der Waals surface area contributed by atoms with Crippen LogP contribution in [-0.2, 0) is 0 Å². The highest BCUT2D eigenvalue weighted by atomic mass is 15.5. The predicted octanol–water partition coefficient (Wildman–Crippen LogP) is 1.89. The second kappa shape index (κ2) is 4.70. The van der Waals surface area contributed by atoms with Crippen molar-refractivity contribution < 1.29 is 0 Å². The third-order valence-electron chi connectivity index (χ3n) is 2.42. The molecule has 0 radical (unpaired) electrons. The van der Waals surface area contributed by atoms with E-state index in [9.17, 15) is 0 Å². The van der Waals surface area contributed by atoms with Crippen LogP contribution in [0.3, 0.4) is 0 Å². The fourth-order valence-electron chi connectivity index (χ4n) is 1.55. The van der Waals surface area contributed by atoms with Gasteiger partial charge >= 0.3 is 0 Å². The fraction of sp³-hybridized carbons (Fsp3) is 0.0833. The van der Waals surface area contributed by atoms with Gasteiger partial charge in [-0.05, 0) is 24.3 Å². The molecule has 0 bridgehead atoms. The number of azo groups is 1. The second-order valence-corrected chi connectivity index (χ2v) is 3.65. The van der Waals surface area contributed by atoms with Gasteiger partial charge in [0, 0.05) is 12.4 Å². The number of amidine groups is 1. The Hall–Kier alpha value is -2.63. The van der Waals surface area contributed by atoms with Crippen molar-refractivity contribution in [2.24, 2.45) is 15.3 Å². The molecule has 0 saturated carbocycles. The molecule has 1 N–H and O–H groups in total. The third kappa shape index (κ3) is 2.08. The van der Waals surface area contributed by atoms with Crippen LogP contribution in [0.1, 0.15) is 17.6 Å². The lowest BCUT2D eigenvalue weighted by Gasteiger charge is -2.14. The van der Waals surface area contributed by atoms with Crippen LogP contribution in [0.25, 0.3) is 0 Å². The van der Waals surface area contributed by atoms with Crippen molar-refractivity contribution in [3.63, 3.8) is 0 Å². The van der Waals surface area contributed by atoms with E-state index in [1.807, 2.05) is 36.4 Å². The predicted molar refractivity (Wildman–Crippen MR) is 65.7 cm³/mol. The molecule has 88 valence electrons. The van der Waals surface area contributed by atoms with E-state index in [1.165, 1.54) is 0 Å².